The molecule has 0 bridgehead atoms. The summed E-state index contributed by atoms with van der Waals surface area (Å²) in [6.45, 7) is 2.80. The molecule has 1 aliphatic heterocycles. The van der Waals surface area contributed by atoms with Crippen molar-refractivity contribution in [2.24, 2.45) is 0 Å². The van der Waals surface area contributed by atoms with E-state index < -0.39 is 5.97 Å². The molecule has 1 atom stereocenters. The fraction of sp³-hybridized carbons (Fsp3) is 0.500. The Morgan fingerprint density at radius 1 is 1.37 bits per heavy atom. The lowest BCUT2D eigenvalue weighted by atomic mass is 9.99. The number of amides is 1. The summed E-state index contributed by atoms with van der Waals surface area (Å²) in [7, 11) is 0. The number of carbonyl (C=O) groups is 2. The molecule has 0 aromatic carbocycles. The summed E-state index contributed by atoms with van der Waals surface area (Å²) in [6, 6.07) is 4.79. The number of nitrogens with zero attached hydrogens (tertiary/aromatic N) is 2. The number of pyridine rings is 1. The molecule has 2 rings (SSSR count). The Morgan fingerprint density at radius 2 is 2.11 bits per heavy atom. The van der Waals surface area contributed by atoms with Crippen molar-refractivity contribution in [2.75, 3.05) is 6.54 Å². The van der Waals surface area contributed by atoms with Crippen LogP contribution in [-0.2, 0) is 0 Å². The molecule has 2 heterocycles. The minimum atomic E-state index is -1.11. The average molecular weight is 262 g/mol. The summed E-state index contributed by atoms with van der Waals surface area (Å²) >= 11 is 0. The van der Waals surface area contributed by atoms with Crippen LogP contribution in [0.3, 0.4) is 0 Å². The molecule has 5 nitrogen and oxygen atoms in total. The van der Waals surface area contributed by atoms with E-state index in [4.69, 9.17) is 5.11 Å². The molecule has 102 valence electrons. The van der Waals surface area contributed by atoms with Gasteiger partial charge in [-0.1, -0.05) is 13.0 Å². The van der Waals surface area contributed by atoms with E-state index in [2.05, 4.69) is 11.9 Å². The first kappa shape index (κ1) is 13.5. The average Bonchev–Trinajstić information content (AvgIpc) is 2.46. The molecule has 0 radical (unpaired) electrons. The van der Waals surface area contributed by atoms with E-state index in [9.17, 15) is 9.59 Å². The fourth-order valence-corrected chi connectivity index (χ4v) is 2.51. The van der Waals surface area contributed by atoms with E-state index in [1.807, 2.05) is 4.90 Å². The van der Waals surface area contributed by atoms with Gasteiger partial charge in [0.15, 0.2) is 0 Å². The highest BCUT2D eigenvalue weighted by molar-refractivity contribution is 5.94. The number of aromatic carboxylic acids is 1. The zero-order chi connectivity index (χ0) is 13.8. The van der Waals surface area contributed by atoms with Crippen LogP contribution in [0.15, 0.2) is 18.2 Å². The van der Waals surface area contributed by atoms with Crippen molar-refractivity contribution in [3.8, 4) is 0 Å². The third kappa shape index (κ3) is 2.92. The van der Waals surface area contributed by atoms with Crippen LogP contribution in [0, 0.1) is 0 Å². The van der Waals surface area contributed by atoms with Gasteiger partial charge in [0.1, 0.15) is 11.4 Å². The van der Waals surface area contributed by atoms with Crippen molar-refractivity contribution < 1.29 is 14.7 Å². The molecule has 0 aliphatic carbocycles. The van der Waals surface area contributed by atoms with E-state index in [0.29, 0.717) is 0 Å². The first-order valence-corrected chi connectivity index (χ1v) is 6.64. The Hall–Kier alpha value is -1.91. The lowest BCUT2D eigenvalue weighted by molar-refractivity contribution is 0.0601. The van der Waals surface area contributed by atoms with Gasteiger partial charge in [0.2, 0.25) is 0 Å². The van der Waals surface area contributed by atoms with Crippen LogP contribution in [0.4, 0.5) is 0 Å². The van der Waals surface area contributed by atoms with Crippen molar-refractivity contribution in [1.82, 2.24) is 9.88 Å². The van der Waals surface area contributed by atoms with Crippen LogP contribution in [-0.4, -0.2) is 39.5 Å². The Morgan fingerprint density at radius 3 is 2.79 bits per heavy atom. The van der Waals surface area contributed by atoms with Crippen LogP contribution >= 0.6 is 0 Å². The van der Waals surface area contributed by atoms with Crippen LogP contribution in [0.5, 0.6) is 0 Å². The minimum Gasteiger partial charge on any atom is -0.477 e. The zero-order valence-corrected chi connectivity index (χ0v) is 11.0. The van der Waals surface area contributed by atoms with Gasteiger partial charge in [-0.15, -0.1) is 0 Å². The maximum atomic E-state index is 12.4. The van der Waals surface area contributed by atoms with E-state index in [1.54, 1.807) is 12.1 Å². The predicted octanol–water partition coefficient (Wildman–Crippen LogP) is 2.18. The normalized spacial score (nSPS) is 19.2. The quantitative estimate of drug-likeness (QED) is 0.906. The molecule has 1 fully saturated rings. The molecule has 0 saturated carbocycles. The van der Waals surface area contributed by atoms with Crippen LogP contribution < -0.4 is 0 Å². The van der Waals surface area contributed by atoms with Gasteiger partial charge in [0.05, 0.1) is 0 Å². The van der Waals surface area contributed by atoms with Gasteiger partial charge in [-0.2, -0.15) is 0 Å². The number of rotatable bonds is 3. The molecule has 1 saturated heterocycles. The molecule has 1 aromatic heterocycles. The molecule has 1 N–H and O–H groups in total. The van der Waals surface area contributed by atoms with E-state index in [1.165, 1.54) is 6.07 Å². The van der Waals surface area contributed by atoms with Crippen molar-refractivity contribution >= 4 is 11.9 Å². The van der Waals surface area contributed by atoms with Gasteiger partial charge in [0, 0.05) is 12.6 Å². The molecular weight excluding hydrogens is 244 g/mol. The van der Waals surface area contributed by atoms with Gasteiger partial charge in [-0.05, 0) is 37.8 Å². The zero-order valence-electron chi connectivity index (χ0n) is 11.0. The van der Waals surface area contributed by atoms with E-state index >= 15 is 0 Å². The number of carboxylic acid groups (broad SMARTS) is 1. The topological polar surface area (TPSA) is 70.5 Å². The highest BCUT2D eigenvalue weighted by atomic mass is 16.4. The smallest absolute Gasteiger partial charge is 0.354 e. The van der Waals surface area contributed by atoms with Gasteiger partial charge < -0.3 is 10.0 Å². The number of hydrogen-bond acceptors (Lipinski definition) is 3. The summed E-state index contributed by atoms with van der Waals surface area (Å²) in [5.74, 6) is -1.27. The number of hydrogen-bond donors (Lipinski definition) is 1. The molecule has 0 spiro atoms. The highest BCUT2D eigenvalue weighted by Crippen LogP contribution is 2.21. The maximum absolute atomic E-state index is 12.4. The van der Waals surface area contributed by atoms with Crippen LogP contribution in [0.1, 0.15) is 53.6 Å². The number of aromatic nitrogens is 1. The summed E-state index contributed by atoms with van der Waals surface area (Å²) in [5, 5.41) is 8.91. The molecule has 1 aromatic rings. The summed E-state index contributed by atoms with van der Waals surface area (Å²) < 4.78 is 0. The van der Waals surface area contributed by atoms with E-state index in [-0.39, 0.29) is 23.3 Å². The minimum absolute atomic E-state index is 0.0871. The molecular formula is C14H18N2O3. The number of carbonyl (C=O) groups excluding carboxylic acids is 1. The van der Waals surface area contributed by atoms with Crippen molar-refractivity contribution in [1.29, 1.82) is 0 Å². The molecule has 1 aliphatic rings. The standard InChI is InChI=1S/C14H18N2O3/c1-2-10-6-3-4-9-16(10)13(17)11-7-5-8-12(15-11)14(18)19/h5,7-8,10H,2-4,6,9H2,1H3,(H,18,19). The number of likely N-dealkylation sites (tertiary alicyclic amines) is 1. The number of carboxylic acids is 1. The summed E-state index contributed by atoms with van der Waals surface area (Å²) in [5.41, 5.74) is 0.135. The van der Waals surface area contributed by atoms with Crippen LogP contribution in [0.25, 0.3) is 0 Å². The number of piperidine rings is 1. The second-order valence-electron chi connectivity index (χ2n) is 4.77. The van der Waals surface area contributed by atoms with Gasteiger partial charge in [0.25, 0.3) is 5.91 Å². The summed E-state index contributed by atoms with van der Waals surface area (Å²) in [4.78, 5) is 29.1. The lowest BCUT2D eigenvalue weighted by Gasteiger charge is -2.35. The fourth-order valence-electron chi connectivity index (χ4n) is 2.51. The van der Waals surface area contributed by atoms with Crippen molar-refractivity contribution in [3.63, 3.8) is 0 Å². The van der Waals surface area contributed by atoms with Crippen molar-refractivity contribution in [3.05, 3.63) is 29.6 Å². The Kier molecular flexibility index (Phi) is 4.14. The molecule has 1 amide bonds. The Bertz CT molecular complexity index is 487. The monoisotopic (exact) mass is 262 g/mol. The molecule has 19 heavy (non-hydrogen) atoms. The van der Waals surface area contributed by atoms with Gasteiger partial charge >= 0.3 is 5.97 Å². The first-order chi connectivity index (χ1) is 9.13. The third-order valence-electron chi connectivity index (χ3n) is 3.55. The second kappa shape index (κ2) is 5.82. The molecule has 5 heteroatoms. The highest BCUT2D eigenvalue weighted by Gasteiger charge is 2.27. The Balaban J connectivity index is 2.22. The maximum Gasteiger partial charge on any atom is 0.354 e. The van der Waals surface area contributed by atoms with Gasteiger partial charge in [-0.3, -0.25) is 4.79 Å². The van der Waals surface area contributed by atoms with Gasteiger partial charge in [-0.25, -0.2) is 9.78 Å². The predicted molar refractivity (Wildman–Crippen MR) is 70.2 cm³/mol. The third-order valence-corrected chi connectivity index (χ3v) is 3.55. The van der Waals surface area contributed by atoms with E-state index in [0.717, 1.165) is 32.2 Å². The first-order valence-electron chi connectivity index (χ1n) is 6.64. The van der Waals surface area contributed by atoms with Crippen LogP contribution in [0.2, 0.25) is 0 Å². The lowest BCUT2D eigenvalue weighted by Crippen LogP contribution is -2.43. The summed E-state index contributed by atoms with van der Waals surface area (Å²) in [6.07, 6.45) is 4.08. The Labute approximate surface area is 112 Å². The van der Waals surface area contributed by atoms with Crippen molar-refractivity contribution in [2.45, 2.75) is 38.6 Å². The SMILES string of the molecule is CCC1CCCCN1C(=O)c1cccc(C(=O)O)n1. The second-order valence-corrected chi connectivity index (χ2v) is 4.77. The largest absolute Gasteiger partial charge is 0.477 e. The molecule has 1 unspecified atom stereocenters.